The van der Waals surface area contributed by atoms with Gasteiger partial charge in [-0.2, -0.15) is 12.7 Å². The molecule has 1 fully saturated rings. The van der Waals surface area contributed by atoms with Crippen LogP contribution in [0.5, 0.6) is 5.75 Å². The molecule has 0 radical (unpaired) electrons. The molecule has 0 spiro atoms. The van der Waals surface area contributed by atoms with Gasteiger partial charge in [-0.3, -0.25) is 0 Å². The molecule has 2 rings (SSSR count). The first kappa shape index (κ1) is 17.0. The standard InChI is InChI=1S/C13H17F3N2O3S/c14-13(15,16)21-12-6-4-10(5-7-12)9-11-3-1-2-8-18(11)22(17,19)20/h4-7,11H,1-3,8-9H2,(H2,17,19,20). The van der Waals surface area contributed by atoms with Gasteiger partial charge in [0.1, 0.15) is 5.75 Å². The van der Waals surface area contributed by atoms with Crippen molar-refractivity contribution < 1.29 is 26.3 Å². The minimum atomic E-state index is -4.73. The lowest BCUT2D eigenvalue weighted by molar-refractivity contribution is -0.274. The molecule has 0 amide bonds. The number of hydrogen-bond acceptors (Lipinski definition) is 3. The molecular weight excluding hydrogens is 321 g/mol. The zero-order chi connectivity index (χ0) is 16.4. The molecule has 2 N–H and O–H groups in total. The second-order valence-electron chi connectivity index (χ2n) is 5.20. The molecule has 1 atom stereocenters. The normalized spacial score (nSPS) is 20.8. The maximum atomic E-state index is 12.1. The third-order valence-electron chi connectivity index (χ3n) is 3.53. The number of benzene rings is 1. The summed E-state index contributed by atoms with van der Waals surface area (Å²) >= 11 is 0. The van der Waals surface area contributed by atoms with Gasteiger partial charge in [0, 0.05) is 12.6 Å². The van der Waals surface area contributed by atoms with Crippen LogP contribution in [0, 0.1) is 0 Å². The van der Waals surface area contributed by atoms with Crippen LogP contribution in [0.4, 0.5) is 13.2 Å². The van der Waals surface area contributed by atoms with Crippen molar-refractivity contribution in [2.45, 2.75) is 38.1 Å². The zero-order valence-electron chi connectivity index (χ0n) is 11.7. The average molecular weight is 338 g/mol. The summed E-state index contributed by atoms with van der Waals surface area (Å²) in [5, 5.41) is 5.20. The van der Waals surface area contributed by atoms with Crippen molar-refractivity contribution >= 4 is 10.2 Å². The van der Waals surface area contributed by atoms with E-state index in [2.05, 4.69) is 4.74 Å². The first-order valence-corrected chi connectivity index (χ1v) is 8.30. The molecule has 22 heavy (non-hydrogen) atoms. The number of nitrogens with two attached hydrogens (primary N) is 1. The Balaban J connectivity index is 2.06. The van der Waals surface area contributed by atoms with Crippen LogP contribution in [0.2, 0.25) is 0 Å². The highest BCUT2D eigenvalue weighted by Gasteiger charge is 2.32. The molecule has 0 aromatic heterocycles. The molecule has 1 aromatic carbocycles. The molecular formula is C13H17F3N2O3S. The van der Waals surface area contributed by atoms with Crippen LogP contribution < -0.4 is 9.88 Å². The van der Waals surface area contributed by atoms with Crippen LogP contribution in [-0.2, 0) is 16.6 Å². The monoisotopic (exact) mass is 338 g/mol. The quantitative estimate of drug-likeness (QED) is 0.915. The van der Waals surface area contributed by atoms with Gasteiger partial charge in [0.2, 0.25) is 0 Å². The summed E-state index contributed by atoms with van der Waals surface area (Å²) in [6.07, 6.45) is -1.99. The van der Waals surface area contributed by atoms with Crippen LogP contribution in [0.1, 0.15) is 24.8 Å². The van der Waals surface area contributed by atoms with E-state index in [9.17, 15) is 21.6 Å². The van der Waals surface area contributed by atoms with Gasteiger partial charge in [0.05, 0.1) is 0 Å². The molecule has 1 saturated heterocycles. The van der Waals surface area contributed by atoms with Gasteiger partial charge in [-0.1, -0.05) is 18.6 Å². The Morgan fingerprint density at radius 1 is 1.23 bits per heavy atom. The van der Waals surface area contributed by atoms with E-state index >= 15 is 0 Å². The van der Waals surface area contributed by atoms with E-state index in [0.717, 1.165) is 18.4 Å². The van der Waals surface area contributed by atoms with E-state index in [1.807, 2.05) is 0 Å². The van der Waals surface area contributed by atoms with Crippen LogP contribution >= 0.6 is 0 Å². The second-order valence-corrected chi connectivity index (χ2v) is 6.70. The van der Waals surface area contributed by atoms with Crippen LogP contribution in [-0.4, -0.2) is 31.7 Å². The Kier molecular flexibility index (Phi) is 4.98. The molecule has 9 heteroatoms. The Morgan fingerprint density at radius 2 is 1.86 bits per heavy atom. The topological polar surface area (TPSA) is 72.6 Å². The smallest absolute Gasteiger partial charge is 0.406 e. The number of ether oxygens (including phenoxy) is 1. The summed E-state index contributed by atoms with van der Waals surface area (Å²) in [6.45, 7) is 0.374. The van der Waals surface area contributed by atoms with Gasteiger partial charge in [-0.25, -0.2) is 5.14 Å². The van der Waals surface area contributed by atoms with Gasteiger partial charge in [0.15, 0.2) is 0 Å². The molecule has 1 heterocycles. The highest BCUT2D eigenvalue weighted by Crippen LogP contribution is 2.25. The van der Waals surface area contributed by atoms with Crippen molar-refractivity contribution in [1.82, 2.24) is 4.31 Å². The van der Waals surface area contributed by atoms with Crippen molar-refractivity contribution in [3.05, 3.63) is 29.8 Å². The SMILES string of the molecule is NS(=O)(=O)N1CCCCC1Cc1ccc(OC(F)(F)F)cc1. The predicted molar refractivity (Wildman–Crippen MR) is 74.3 cm³/mol. The molecule has 1 aromatic rings. The largest absolute Gasteiger partial charge is 0.573 e. The molecule has 5 nitrogen and oxygen atoms in total. The van der Waals surface area contributed by atoms with E-state index in [1.54, 1.807) is 0 Å². The van der Waals surface area contributed by atoms with Crippen LogP contribution in [0.25, 0.3) is 0 Å². The fourth-order valence-corrected chi connectivity index (χ4v) is 3.59. The number of hydrogen-bond donors (Lipinski definition) is 1. The summed E-state index contributed by atoms with van der Waals surface area (Å²) < 4.78 is 64.4. The Labute approximate surface area is 127 Å². The van der Waals surface area contributed by atoms with Gasteiger partial charge < -0.3 is 4.74 Å². The van der Waals surface area contributed by atoms with E-state index in [0.29, 0.717) is 19.4 Å². The highest BCUT2D eigenvalue weighted by molar-refractivity contribution is 7.86. The summed E-state index contributed by atoms with van der Waals surface area (Å²) in [4.78, 5) is 0. The molecule has 0 aliphatic carbocycles. The third kappa shape index (κ3) is 4.85. The molecule has 1 unspecified atom stereocenters. The third-order valence-corrected chi connectivity index (χ3v) is 4.66. The number of alkyl halides is 3. The lowest BCUT2D eigenvalue weighted by Gasteiger charge is -2.33. The summed E-state index contributed by atoms with van der Waals surface area (Å²) in [5.74, 6) is -0.303. The van der Waals surface area contributed by atoms with E-state index in [4.69, 9.17) is 5.14 Å². The van der Waals surface area contributed by atoms with Crippen molar-refractivity contribution in [2.24, 2.45) is 5.14 Å². The average Bonchev–Trinajstić information content (AvgIpc) is 2.39. The van der Waals surface area contributed by atoms with Gasteiger partial charge in [0.25, 0.3) is 10.2 Å². The Hall–Kier alpha value is -1.32. The molecule has 0 saturated carbocycles. The summed E-state index contributed by atoms with van der Waals surface area (Å²) in [5.41, 5.74) is 0.732. The molecule has 1 aliphatic heterocycles. The molecule has 124 valence electrons. The van der Waals surface area contributed by atoms with E-state index < -0.39 is 16.6 Å². The zero-order valence-corrected chi connectivity index (χ0v) is 12.5. The lowest BCUT2D eigenvalue weighted by atomic mass is 9.98. The van der Waals surface area contributed by atoms with Crippen molar-refractivity contribution in [1.29, 1.82) is 0 Å². The highest BCUT2D eigenvalue weighted by atomic mass is 32.2. The Bertz CT molecular complexity index is 602. The second kappa shape index (κ2) is 6.43. The van der Waals surface area contributed by atoms with Crippen LogP contribution in [0.3, 0.4) is 0 Å². The maximum Gasteiger partial charge on any atom is 0.573 e. The van der Waals surface area contributed by atoms with Gasteiger partial charge in [-0.15, -0.1) is 13.2 Å². The minimum Gasteiger partial charge on any atom is -0.406 e. The van der Waals surface area contributed by atoms with Crippen molar-refractivity contribution in [2.75, 3.05) is 6.54 Å². The first-order chi connectivity index (χ1) is 10.1. The minimum absolute atomic E-state index is 0.266. The summed E-state index contributed by atoms with van der Waals surface area (Å²) in [6, 6.07) is 5.16. The van der Waals surface area contributed by atoms with Crippen LogP contribution in [0.15, 0.2) is 24.3 Å². The number of nitrogens with zero attached hydrogens (tertiary/aromatic N) is 1. The maximum absolute atomic E-state index is 12.1. The number of rotatable bonds is 4. The summed E-state index contributed by atoms with van der Waals surface area (Å²) in [7, 11) is -3.77. The number of halogens is 3. The van der Waals surface area contributed by atoms with Crippen molar-refractivity contribution in [3.63, 3.8) is 0 Å². The van der Waals surface area contributed by atoms with E-state index in [-0.39, 0.29) is 11.8 Å². The Morgan fingerprint density at radius 3 is 2.41 bits per heavy atom. The predicted octanol–water partition coefficient (Wildman–Crippen LogP) is 2.19. The van der Waals surface area contributed by atoms with Gasteiger partial charge in [-0.05, 0) is 37.0 Å². The van der Waals surface area contributed by atoms with Crippen molar-refractivity contribution in [3.8, 4) is 5.75 Å². The first-order valence-electron chi connectivity index (χ1n) is 6.79. The number of piperidine rings is 1. The van der Waals surface area contributed by atoms with E-state index in [1.165, 1.54) is 28.6 Å². The molecule has 0 bridgehead atoms. The lowest BCUT2D eigenvalue weighted by Crippen LogP contribution is -2.47. The fourth-order valence-electron chi connectivity index (χ4n) is 2.61. The fraction of sp³-hybridized carbons (Fsp3) is 0.538. The molecule has 1 aliphatic rings. The van der Waals surface area contributed by atoms with Gasteiger partial charge >= 0.3 is 6.36 Å².